The molecule has 0 saturated heterocycles. The topological polar surface area (TPSA) is 114 Å². The second-order valence-electron chi connectivity index (χ2n) is 3.63. The van der Waals surface area contributed by atoms with Crippen LogP contribution in [0.2, 0.25) is 0 Å². The minimum absolute atomic E-state index is 0.0778. The number of carbonyl (C=O) groups is 2. The molecule has 0 atom stereocenters. The Labute approximate surface area is 105 Å². The van der Waals surface area contributed by atoms with Crippen LogP contribution in [0.5, 0.6) is 11.5 Å². The minimum Gasteiger partial charge on any atom is -0.504 e. The number of hydrogen-bond donors (Lipinski definition) is 2. The van der Waals surface area contributed by atoms with Crippen molar-refractivity contribution < 1.29 is 29.0 Å². The molecule has 0 radical (unpaired) electrons. The van der Waals surface area contributed by atoms with Crippen molar-refractivity contribution in [1.82, 2.24) is 0 Å². The van der Waals surface area contributed by atoms with E-state index in [0.717, 1.165) is 19.2 Å². The van der Waals surface area contributed by atoms with Crippen molar-refractivity contribution in [3.8, 4) is 11.5 Å². The van der Waals surface area contributed by atoms with Gasteiger partial charge in [-0.05, 0) is 17.5 Å². The maximum Gasteiger partial charge on any atom is 0.374 e. The smallest absolute Gasteiger partial charge is 0.374 e. The van der Waals surface area contributed by atoms with E-state index in [4.69, 9.17) is 0 Å². The highest BCUT2D eigenvalue weighted by atomic mass is 16.5. The molecule has 0 amide bonds. The summed E-state index contributed by atoms with van der Waals surface area (Å²) in [5.41, 5.74) is -1.24. The molecule has 7 nitrogen and oxygen atoms in total. The number of methoxy groups -OCH3 is 1. The molecule has 0 aliphatic carbocycles. The zero-order valence-corrected chi connectivity index (χ0v) is 9.67. The van der Waals surface area contributed by atoms with Crippen LogP contribution >= 0.6 is 0 Å². The van der Waals surface area contributed by atoms with Gasteiger partial charge in [0.2, 0.25) is 5.76 Å². The van der Waals surface area contributed by atoms with Crippen LogP contribution in [-0.2, 0) is 4.74 Å². The Balaban J connectivity index is 2.89. The number of benzene rings is 1. The molecular weight excluding hydrogens is 256 g/mol. The predicted octanol–water partition coefficient (Wildman–Crippen LogP) is 0.803. The van der Waals surface area contributed by atoms with Gasteiger partial charge in [0.25, 0.3) is 0 Å². The maximum atomic E-state index is 11.7. The van der Waals surface area contributed by atoms with Crippen LogP contribution in [0.4, 0.5) is 0 Å². The highest BCUT2D eigenvalue weighted by Crippen LogP contribution is 2.34. The fourth-order valence-electron chi connectivity index (χ4n) is 1.64. The van der Waals surface area contributed by atoms with E-state index in [9.17, 15) is 24.6 Å². The first-order valence-corrected chi connectivity index (χ1v) is 5.06. The third-order valence-electron chi connectivity index (χ3n) is 2.54. The monoisotopic (exact) mass is 264 g/mol. The first-order valence-electron chi connectivity index (χ1n) is 5.06. The third-order valence-corrected chi connectivity index (χ3v) is 2.54. The molecule has 2 aromatic rings. The van der Waals surface area contributed by atoms with Crippen molar-refractivity contribution in [2.45, 2.75) is 0 Å². The summed E-state index contributed by atoms with van der Waals surface area (Å²) in [5, 5.41) is 18.9. The Morgan fingerprint density at radius 2 is 2.00 bits per heavy atom. The lowest BCUT2D eigenvalue weighted by molar-refractivity contribution is 0.0560. The van der Waals surface area contributed by atoms with Gasteiger partial charge in [-0.3, -0.25) is 4.79 Å². The SMILES string of the molecule is COC(=O)c1cc2cc(C=O)c(O)c(O)c2c(=O)o1. The van der Waals surface area contributed by atoms with Gasteiger partial charge in [0.05, 0.1) is 12.7 Å². The molecule has 0 aliphatic rings. The Bertz CT molecular complexity index is 742. The molecule has 0 fully saturated rings. The summed E-state index contributed by atoms with van der Waals surface area (Å²) >= 11 is 0. The number of phenols is 2. The average Bonchev–Trinajstić information content (AvgIpc) is 2.41. The van der Waals surface area contributed by atoms with Crippen molar-refractivity contribution in [2.75, 3.05) is 7.11 Å². The molecule has 1 heterocycles. The third kappa shape index (κ3) is 1.90. The van der Waals surface area contributed by atoms with E-state index in [2.05, 4.69) is 9.15 Å². The van der Waals surface area contributed by atoms with Crippen LogP contribution in [0.25, 0.3) is 10.8 Å². The van der Waals surface area contributed by atoms with Crippen LogP contribution < -0.4 is 5.63 Å². The zero-order valence-electron chi connectivity index (χ0n) is 9.67. The van der Waals surface area contributed by atoms with Crippen LogP contribution in [0.1, 0.15) is 20.9 Å². The van der Waals surface area contributed by atoms with Gasteiger partial charge in [-0.25, -0.2) is 9.59 Å². The van der Waals surface area contributed by atoms with Crippen LogP contribution in [0.3, 0.4) is 0 Å². The molecule has 98 valence electrons. The first kappa shape index (κ1) is 12.6. The quantitative estimate of drug-likeness (QED) is 0.468. The summed E-state index contributed by atoms with van der Waals surface area (Å²) in [7, 11) is 1.11. The van der Waals surface area contributed by atoms with Gasteiger partial charge in [0.1, 0.15) is 5.39 Å². The van der Waals surface area contributed by atoms with E-state index in [0.29, 0.717) is 6.29 Å². The minimum atomic E-state index is -1.02. The lowest BCUT2D eigenvalue weighted by Crippen LogP contribution is -2.08. The molecule has 2 rings (SSSR count). The molecule has 0 spiro atoms. The number of rotatable bonds is 2. The highest BCUT2D eigenvalue weighted by Gasteiger charge is 2.19. The average molecular weight is 264 g/mol. The van der Waals surface area contributed by atoms with E-state index in [-0.39, 0.29) is 22.1 Å². The lowest BCUT2D eigenvalue weighted by Gasteiger charge is -2.05. The second-order valence-corrected chi connectivity index (χ2v) is 3.63. The van der Waals surface area contributed by atoms with Gasteiger partial charge >= 0.3 is 11.6 Å². The van der Waals surface area contributed by atoms with Crippen molar-refractivity contribution in [3.05, 3.63) is 33.9 Å². The number of ether oxygens (including phenoxy) is 1. The maximum absolute atomic E-state index is 11.7. The number of fused-ring (bicyclic) bond motifs is 1. The molecule has 7 heteroatoms. The number of esters is 1. The fraction of sp³-hybridized carbons (Fsp3) is 0.0833. The Morgan fingerprint density at radius 3 is 2.58 bits per heavy atom. The van der Waals surface area contributed by atoms with Gasteiger partial charge in [-0.1, -0.05) is 0 Å². The molecule has 1 aromatic carbocycles. The Kier molecular flexibility index (Phi) is 2.95. The molecule has 1 aromatic heterocycles. The molecular formula is C12H8O7. The molecule has 0 unspecified atom stereocenters. The summed E-state index contributed by atoms with van der Waals surface area (Å²) in [6, 6.07) is 2.29. The number of aromatic hydroxyl groups is 2. The molecule has 0 bridgehead atoms. The Morgan fingerprint density at radius 1 is 1.32 bits per heavy atom. The number of aldehydes is 1. The largest absolute Gasteiger partial charge is 0.504 e. The van der Waals surface area contributed by atoms with E-state index in [1.54, 1.807) is 0 Å². The molecule has 0 saturated carbocycles. The predicted molar refractivity (Wildman–Crippen MR) is 62.5 cm³/mol. The van der Waals surface area contributed by atoms with Crippen molar-refractivity contribution in [2.24, 2.45) is 0 Å². The zero-order chi connectivity index (χ0) is 14.2. The molecule has 19 heavy (non-hydrogen) atoms. The summed E-state index contributed by atoms with van der Waals surface area (Å²) in [4.78, 5) is 33.7. The van der Waals surface area contributed by atoms with Gasteiger partial charge in [0, 0.05) is 0 Å². The Hall–Kier alpha value is -2.83. The van der Waals surface area contributed by atoms with Crippen molar-refractivity contribution >= 4 is 23.0 Å². The van der Waals surface area contributed by atoms with Gasteiger partial charge in [0.15, 0.2) is 17.8 Å². The summed E-state index contributed by atoms with van der Waals surface area (Å²) in [6.07, 6.45) is 0.306. The van der Waals surface area contributed by atoms with Crippen LogP contribution in [-0.4, -0.2) is 29.6 Å². The van der Waals surface area contributed by atoms with E-state index in [1.807, 2.05) is 0 Å². The van der Waals surface area contributed by atoms with Crippen LogP contribution in [0, 0.1) is 0 Å². The van der Waals surface area contributed by atoms with Gasteiger partial charge < -0.3 is 19.4 Å². The number of hydrogen-bond acceptors (Lipinski definition) is 7. The van der Waals surface area contributed by atoms with Gasteiger partial charge in [-0.15, -0.1) is 0 Å². The summed E-state index contributed by atoms with van der Waals surface area (Å²) in [6.45, 7) is 0. The lowest BCUT2D eigenvalue weighted by atomic mass is 10.1. The summed E-state index contributed by atoms with van der Waals surface area (Å²) < 4.78 is 9.06. The first-order chi connectivity index (χ1) is 8.99. The number of phenolic OH excluding ortho intramolecular Hbond substituents is 2. The van der Waals surface area contributed by atoms with E-state index >= 15 is 0 Å². The van der Waals surface area contributed by atoms with E-state index in [1.165, 1.54) is 0 Å². The van der Waals surface area contributed by atoms with Crippen molar-refractivity contribution in [3.63, 3.8) is 0 Å². The van der Waals surface area contributed by atoms with E-state index < -0.39 is 23.1 Å². The standard InChI is InChI=1S/C12H8O7/c1-18-11(16)7-3-5-2-6(4-13)9(14)10(15)8(5)12(17)19-7/h2-4,14-15H,1H3. The second kappa shape index (κ2) is 4.45. The number of carbonyl (C=O) groups excluding carboxylic acids is 2. The van der Waals surface area contributed by atoms with Gasteiger partial charge in [-0.2, -0.15) is 0 Å². The molecule has 2 N–H and O–H groups in total. The van der Waals surface area contributed by atoms with Crippen LogP contribution in [0.15, 0.2) is 21.3 Å². The summed E-state index contributed by atoms with van der Waals surface area (Å²) in [5.74, 6) is -2.74. The van der Waals surface area contributed by atoms with Crippen molar-refractivity contribution in [1.29, 1.82) is 0 Å². The normalized spacial score (nSPS) is 10.4. The molecule has 0 aliphatic heterocycles. The highest BCUT2D eigenvalue weighted by molar-refractivity contribution is 5.99. The fourth-order valence-corrected chi connectivity index (χ4v) is 1.64.